The molecule has 6 rings (SSSR count). The molecule has 2 N–H and O–H groups in total. The van der Waals surface area contributed by atoms with Gasteiger partial charge < -0.3 is 15.0 Å². The van der Waals surface area contributed by atoms with E-state index in [1.54, 1.807) is 0 Å². The van der Waals surface area contributed by atoms with Gasteiger partial charge in [-0.1, -0.05) is 59.7 Å². The van der Waals surface area contributed by atoms with Gasteiger partial charge in [0.1, 0.15) is 5.69 Å². The van der Waals surface area contributed by atoms with Crippen molar-refractivity contribution in [2.75, 3.05) is 5.32 Å². The fourth-order valence-electron chi connectivity index (χ4n) is 5.76. The lowest BCUT2D eigenvalue weighted by Crippen LogP contribution is -2.42. The van der Waals surface area contributed by atoms with Gasteiger partial charge in [-0.25, -0.2) is 0 Å². The third kappa shape index (κ3) is 1.87. The Bertz CT molecular complexity index is 1370. The molecule has 3 nitrogen and oxygen atoms in total. The second-order valence-electron chi connectivity index (χ2n) is 10.5. The SMILES string of the molecule is CC1(C)c2ccc3[nH]c4c5c(ccc4c3c2C(C)(C)C1(C)C)Oc1ccccc1N5. The number of rotatable bonds is 0. The molecular weight excluding hydrogens is 368 g/mol. The number of benzene rings is 3. The molecule has 4 aromatic rings. The zero-order valence-corrected chi connectivity index (χ0v) is 18.5. The molecule has 0 saturated heterocycles. The number of aromatic amines is 1. The summed E-state index contributed by atoms with van der Waals surface area (Å²) in [5.41, 5.74) is 7.56. The highest BCUT2D eigenvalue weighted by Crippen LogP contribution is 2.63. The van der Waals surface area contributed by atoms with Crippen LogP contribution in [0.1, 0.15) is 52.7 Å². The van der Waals surface area contributed by atoms with Crippen LogP contribution in [0.25, 0.3) is 21.8 Å². The van der Waals surface area contributed by atoms with Crippen LogP contribution in [0.2, 0.25) is 0 Å². The predicted octanol–water partition coefficient (Wildman–Crippen LogP) is 7.77. The van der Waals surface area contributed by atoms with E-state index < -0.39 is 0 Å². The summed E-state index contributed by atoms with van der Waals surface area (Å²) in [4.78, 5) is 3.72. The maximum atomic E-state index is 6.20. The van der Waals surface area contributed by atoms with Crippen LogP contribution in [0, 0.1) is 5.41 Å². The molecule has 1 aliphatic carbocycles. The normalized spacial score (nSPS) is 19.7. The summed E-state index contributed by atoms with van der Waals surface area (Å²) in [6.07, 6.45) is 0. The van der Waals surface area contributed by atoms with Crippen LogP contribution in [0.3, 0.4) is 0 Å². The summed E-state index contributed by atoms with van der Waals surface area (Å²) in [7, 11) is 0. The molecule has 3 aromatic carbocycles. The molecule has 30 heavy (non-hydrogen) atoms. The number of aromatic nitrogens is 1. The third-order valence-corrected chi connectivity index (χ3v) is 8.69. The van der Waals surface area contributed by atoms with Crippen molar-refractivity contribution in [2.24, 2.45) is 5.41 Å². The molecule has 2 aliphatic rings. The van der Waals surface area contributed by atoms with Crippen LogP contribution in [-0.2, 0) is 10.8 Å². The van der Waals surface area contributed by atoms with E-state index in [-0.39, 0.29) is 16.2 Å². The molecule has 1 aliphatic heterocycles. The topological polar surface area (TPSA) is 37.0 Å². The van der Waals surface area contributed by atoms with E-state index in [4.69, 9.17) is 4.74 Å². The van der Waals surface area contributed by atoms with Gasteiger partial charge in [0.2, 0.25) is 0 Å². The van der Waals surface area contributed by atoms with Gasteiger partial charge in [-0.3, -0.25) is 0 Å². The maximum absolute atomic E-state index is 6.20. The Labute approximate surface area is 177 Å². The van der Waals surface area contributed by atoms with Crippen molar-refractivity contribution in [2.45, 2.75) is 52.4 Å². The first kappa shape index (κ1) is 17.9. The smallest absolute Gasteiger partial charge is 0.153 e. The van der Waals surface area contributed by atoms with Crippen molar-refractivity contribution >= 4 is 33.2 Å². The second kappa shape index (κ2) is 5.21. The third-order valence-electron chi connectivity index (χ3n) is 8.69. The number of para-hydroxylation sites is 2. The number of hydrogen-bond donors (Lipinski definition) is 2. The Morgan fingerprint density at radius 3 is 2.33 bits per heavy atom. The van der Waals surface area contributed by atoms with E-state index in [0.717, 1.165) is 28.4 Å². The fraction of sp³-hybridized carbons (Fsp3) is 0.333. The zero-order valence-electron chi connectivity index (χ0n) is 18.5. The van der Waals surface area contributed by atoms with E-state index in [0.29, 0.717) is 0 Å². The Morgan fingerprint density at radius 1 is 0.767 bits per heavy atom. The highest BCUT2D eigenvalue weighted by Gasteiger charge is 2.57. The van der Waals surface area contributed by atoms with Crippen LogP contribution in [0.4, 0.5) is 11.4 Å². The second-order valence-corrected chi connectivity index (χ2v) is 10.5. The minimum absolute atomic E-state index is 0.0485. The number of fused-ring (bicyclic) bond motifs is 8. The molecule has 0 spiro atoms. The van der Waals surface area contributed by atoms with Crippen molar-refractivity contribution in [1.82, 2.24) is 4.98 Å². The summed E-state index contributed by atoms with van der Waals surface area (Å²) < 4.78 is 6.20. The lowest BCUT2D eigenvalue weighted by molar-refractivity contribution is 0.125. The zero-order chi connectivity index (χ0) is 21.1. The van der Waals surface area contributed by atoms with Gasteiger partial charge in [0.25, 0.3) is 0 Å². The van der Waals surface area contributed by atoms with E-state index in [9.17, 15) is 0 Å². The first-order chi connectivity index (χ1) is 14.1. The van der Waals surface area contributed by atoms with Crippen LogP contribution in [0.15, 0.2) is 48.5 Å². The standard InChI is InChI=1S/C27H28N2O/c1-25(2)16-12-13-18-21(22(16)26(3,4)27(25,5)6)15-11-14-20-24(23(15)29-18)28-17-9-7-8-10-19(17)30-20/h7-14,28-29H,1-6H3. The molecule has 0 unspecified atom stereocenters. The minimum Gasteiger partial charge on any atom is -0.453 e. The largest absolute Gasteiger partial charge is 0.453 e. The fourth-order valence-corrected chi connectivity index (χ4v) is 5.76. The first-order valence-electron chi connectivity index (χ1n) is 10.8. The molecule has 0 radical (unpaired) electrons. The van der Waals surface area contributed by atoms with Crippen LogP contribution < -0.4 is 10.1 Å². The molecule has 0 fully saturated rings. The van der Waals surface area contributed by atoms with E-state index in [1.165, 1.54) is 27.4 Å². The van der Waals surface area contributed by atoms with Gasteiger partial charge in [0, 0.05) is 16.3 Å². The number of H-pyrrole nitrogens is 1. The van der Waals surface area contributed by atoms with Crippen LogP contribution >= 0.6 is 0 Å². The lowest BCUT2D eigenvalue weighted by atomic mass is 9.59. The van der Waals surface area contributed by atoms with Gasteiger partial charge in [-0.05, 0) is 57.7 Å². The van der Waals surface area contributed by atoms with Gasteiger partial charge in [0.05, 0.1) is 11.2 Å². The summed E-state index contributed by atoms with van der Waals surface area (Å²) in [6, 6.07) is 17.0. The first-order valence-corrected chi connectivity index (χ1v) is 10.8. The number of anilines is 2. The van der Waals surface area contributed by atoms with Gasteiger partial charge in [-0.15, -0.1) is 0 Å². The summed E-state index contributed by atoms with van der Waals surface area (Å²) in [5.74, 6) is 1.73. The van der Waals surface area contributed by atoms with E-state index in [1.807, 2.05) is 18.2 Å². The Kier molecular flexibility index (Phi) is 3.10. The van der Waals surface area contributed by atoms with Crippen molar-refractivity contribution in [3.8, 4) is 11.5 Å². The molecule has 0 amide bonds. The van der Waals surface area contributed by atoms with Gasteiger partial charge >= 0.3 is 0 Å². The molecule has 0 bridgehead atoms. The van der Waals surface area contributed by atoms with Crippen LogP contribution in [0.5, 0.6) is 11.5 Å². The van der Waals surface area contributed by atoms with Gasteiger partial charge in [-0.2, -0.15) is 0 Å². The monoisotopic (exact) mass is 396 g/mol. The van der Waals surface area contributed by atoms with Crippen molar-refractivity contribution in [3.63, 3.8) is 0 Å². The molecule has 1 aromatic heterocycles. The molecule has 0 atom stereocenters. The molecule has 3 heteroatoms. The van der Waals surface area contributed by atoms with Crippen molar-refractivity contribution in [1.29, 1.82) is 0 Å². The van der Waals surface area contributed by atoms with Crippen molar-refractivity contribution in [3.05, 3.63) is 59.7 Å². The Morgan fingerprint density at radius 2 is 1.53 bits per heavy atom. The predicted molar refractivity (Wildman–Crippen MR) is 125 cm³/mol. The summed E-state index contributed by atoms with van der Waals surface area (Å²) in [6.45, 7) is 14.5. The summed E-state index contributed by atoms with van der Waals surface area (Å²) in [5, 5.41) is 6.23. The minimum atomic E-state index is 0.0485. The maximum Gasteiger partial charge on any atom is 0.153 e. The van der Waals surface area contributed by atoms with Crippen molar-refractivity contribution < 1.29 is 4.74 Å². The average molecular weight is 397 g/mol. The molecule has 152 valence electrons. The molecule has 0 saturated carbocycles. The number of nitrogens with one attached hydrogen (secondary N) is 2. The molecule has 2 heterocycles. The average Bonchev–Trinajstić information content (AvgIpc) is 3.14. The molecular formula is C27H28N2O. The van der Waals surface area contributed by atoms with Gasteiger partial charge in [0.15, 0.2) is 11.5 Å². The van der Waals surface area contributed by atoms with Crippen LogP contribution in [-0.4, -0.2) is 4.98 Å². The van der Waals surface area contributed by atoms with E-state index >= 15 is 0 Å². The quantitative estimate of drug-likeness (QED) is 0.280. The van der Waals surface area contributed by atoms with E-state index in [2.05, 4.69) is 82.2 Å². The number of ether oxygens (including phenoxy) is 1. The summed E-state index contributed by atoms with van der Waals surface area (Å²) >= 11 is 0. The Balaban J connectivity index is 1.69. The lowest BCUT2D eigenvalue weighted by Gasteiger charge is -2.44. The highest BCUT2D eigenvalue weighted by molar-refractivity contribution is 6.15. The highest BCUT2D eigenvalue weighted by atomic mass is 16.5. The Hall–Kier alpha value is -2.94. The number of hydrogen-bond acceptors (Lipinski definition) is 2.